The number of amides is 1. The Bertz CT molecular complexity index is 1050. The van der Waals surface area contributed by atoms with E-state index in [9.17, 15) is 4.79 Å². The normalized spacial score (nSPS) is 18.4. The van der Waals surface area contributed by atoms with Gasteiger partial charge in [0.05, 0.1) is 12.7 Å². The fourth-order valence-corrected chi connectivity index (χ4v) is 5.45. The number of thiophene rings is 1. The van der Waals surface area contributed by atoms with Crippen molar-refractivity contribution in [3.63, 3.8) is 0 Å². The van der Waals surface area contributed by atoms with E-state index in [4.69, 9.17) is 4.74 Å². The van der Waals surface area contributed by atoms with Crippen LogP contribution in [0.25, 0.3) is 0 Å². The fraction of sp³-hybridized carbons (Fsp3) is 0.261. The third-order valence-corrected chi connectivity index (χ3v) is 6.74. The third kappa shape index (κ3) is 3.50. The summed E-state index contributed by atoms with van der Waals surface area (Å²) in [6.45, 7) is 2.80. The highest BCUT2D eigenvalue weighted by Crippen LogP contribution is 2.41. The highest BCUT2D eigenvalue weighted by molar-refractivity contribution is 7.16. The summed E-state index contributed by atoms with van der Waals surface area (Å²) in [7, 11) is 1.65. The number of hydrogen-bond donors (Lipinski definition) is 2. The van der Waals surface area contributed by atoms with E-state index in [-0.39, 0.29) is 12.1 Å². The molecular weight excluding hydrogens is 382 g/mol. The summed E-state index contributed by atoms with van der Waals surface area (Å²) < 4.78 is 5.33. The van der Waals surface area contributed by atoms with E-state index in [1.54, 1.807) is 18.4 Å². The minimum atomic E-state index is -0.245. The summed E-state index contributed by atoms with van der Waals surface area (Å²) in [4.78, 5) is 16.7. The molecule has 6 heteroatoms. The van der Waals surface area contributed by atoms with Crippen molar-refractivity contribution in [1.29, 1.82) is 0 Å². The first-order chi connectivity index (χ1) is 14.2. The maximum atomic E-state index is 12.9. The Labute approximate surface area is 174 Å². The molecule has 0 radical (unpaired) electrons. The molecule has 0 unspecified atom stereocenters. The standard InChI is InChI=1S/C23H23N3O2S/c1-28-17-9-5-8-16(12-17)21-24-22(27)20-18-10-11-26(13-15-6-3-2-4-7-15)14-19(18)29-23(20)25-21/h2-9,12,21,25H,10-11,13-14H2,1H3,(H,24,27)/t21-/m0/s1. The van der Waals surface area contributed by atoms with Crippen molar-refractivity contribution in [2.45, 2.75) is 25.7 Å². The summed E-state index contributed by atoms with van der Waals surface area (Å²) >= 11 is 1.72. The predicted molar refractivity (Wildman–Crippen MR) is 115 cm³/mol. The van der Waals surface area contributed by atoms with E-state index in [2.05, 4.69) is 39.8 Å². The molecule has 0 saturated carbocycles. The molecule has 1 atom stereocenters. The van der Waals surface area contributed by atoms with Crippen LogP contribution >= 0.6 is 11.3 Å². The predicted octanol–water partition coefficient (Wildman–Crippen LogP) is 4.17. The number of carbonyl (C=O) groups excluding carboxylic acids is 1. The fourth-order valence-electron chi connectivity index (χ4n) is 4.13. The monoisotopic (exact) mass is 405 g/mol. The van der Waals surface area contributed by atoms with Crippen LogP contribution in [-0.4, -0.2) is 24.5 Å². The first-order valence-corrected chi connectivity index (χ1v) is 10.6. The average Bonchev–Trinajstić information content (AvgIpc) is 3.12. The molecule has 1 aromatic heterocycles. The Morgan fingerprint density at radius 3 is 2.83 bits per heavy atom. The van der Waals surface area contributed by atoms with Crippen LogP contribution in [-0.2, 0) is 19.5 Å². The van der Waals surface area contributed by atoms with E-state index >= 15 is 0 Å². The van der Waals surface area contributed by atoms with Gasteiger partial charge < -0.3 is 15.4 Å². The second-order valence-electron chi connectivity index (χ2n) is 7.48. The van der Waals surface area contributed by atoms with Gasteiger partial charge in [-0.15, -0.1) is 11.3 Å². The van der Waals surface area contributed by atoms with Crippen LogP contribution in [0.1, 0.15) is 38.1 Å². The lowest BCUT2D eigenvalue weighted by atomic mass is 10.00. The molecule has 3 heterocycles. The molecule has 2 N–H and O–H groups in total. The van der Waals surface area contributed by atoms with Crippen molar-refractivity contribution < 1.29 is 9.53 Å². The molecule has 0 saturated heterocycles. The lowest BCUT2D eigenvalue weighted by Crippen LogP contribution is -2.38. The summed E-state index contributed by atoms with van der Waals surface area (Å²) in [6, 6.07) is 18.4. The van der Waals surface area contributed by atoms with E-state index in [1.165, 1.54) is 16.0 Å². The topological polar surface area (TPSA) is 53.6 Å². The van der Waals surface area contributed by atoms with Crippen molar-refractivity contribution in [3.8, 4) is 5.75 Å². The largest absolute Gasteiger partial charge is 0.497 e. The van der Waals surface area contributed by atoms with E-state index in [0.29, 0.717) is 0 Å². The summed E-state index contributed by atoms with van der Waals surface area (Å²) in [5.74, 6) is 0.798. The van der Waals surface area contributed by atoms with Crippen LogP contribution in [0.15, 0.2) is 54.6 Å². The Kier molecular flexibility index (Phi) is 4.73. The van der Waals surface area contributed by atoms with Crippen LogP contribution in [0.3, 0.4) is 0 Å². The van der Waals surface area contributed by atoms with Crippen LogP contribution < -0.4 is 15.4 Å². The first-order valence-electron chi connectivity index (χ1n) is 9.83. The number of nitrogens with zero attached hydrogens (tertiary/aromatic N) is 1. The second-order valence-corrected chi connectivity index (χ2v) is 8.59. The van der Waals surface area contributed by atoms with Crippen LogP contribution in [0.5, 0.6) is 5.75 Å². The number of hydrogen-bond acceptors (Lipinski definition) is 5. The van der Waals surface area contributed by atoms with Crippen LogP contribution in [0, 0.1) is 0 Å². The van der Waals surface area contributed by atoms with Crippen molar-refractivity contribution in [2.75, 3.05) is 19.0 Å². The van der Waals surface area contributed by atoms with Gasteiger partial charge in [-0.1, -0.05) is 42.5 Å². The summed E-state index contributed by atoms with van der Waals surface area (Å²) in [5.41, 5.74) is 4.36. The van der Waals surface area contributed by atoms with Gasteiger partial charge in [0.1, 0.15) is 16.9 Å². The summed E-state index contributed by atoms with van der Waals surface area (Å²) in [5, 5.41) is 7.62. The van der Waals surface area contributed by atoms with Crippen molar-refractivity contribution in [2.24, 2.45) is 0 Å². The van der Waals surface area contributed by atoms with Gasteiger partial charge in [-0.05, 0) is 35.2 Å². The maximum absolute atomic E-state index is 12.9. The molecule has 5 nitrogen and oxygen atoms in total. The number of methoxy groups -OCH3 is 1. The van der Waals surface area contributed by atoms with Gasteiger partial charge in [0.15, 0.2) is 0 Å². The van der Waals surface area contributed by atoms with Crippen molar-refractivity contribution in [1.82, 2.24) is 10.2 Å². The lowest BCUT2D eigenvalue weighted by molar-refractivity contribution is 0.0934. The number of fused-ring (bicyclic) bond motifs is 3. The van der Waals surface area contributed by atoms with Gasteiger partial charge in [-0.2, -0.15) is 0 Å². The Morgan fingerprint density at radius 1 is 1.14 bits per heavy atom. The average molecular weight is 406 g/mol. The summed E-state index contributed by atoms with van der Waals surface area (Å²) in [6.07, 6.45) is 0.665. The maximum Gasteiger partial charge on any atom is 0.256 e. The molecule has 0 fully saturated rings. The molecule has 29 heavy (non-hydrogen) atoms. The molecule has 1 amide bonds. The van der Waals surface area contributed by atoms with Gasteiger partial charge in [-0.25, -0.2) is 0 Å². The van der Waals surface area contributed by atoms with Crippen LogP contribution in [0.4, 0.5) is 5.00 Å². The van der Waals surface area contributed by atoms with E-state index in [1.807, 2.05) is 30.3 Å². The van der Waals surface area contributed by atoms with Gasteiger partial charge in [0.2, 0.25) is 0 Å². The SMILES string of the molecule is COc1cccc([C@H]2NC(=O)c3c(sc4c3CCN(Cc3ccccc3)C4)N2)c1. The molecule has 0 bridgehead atoms. The molecule has 5 rings (SSSR count). The molecular formula is C23H23N3O2S. The Balaban J connectivity index is 1.38. The highest BCUT2D eigenvalue weighted by Gasteiger charge is 2.33. The zero-order valence-corrected chi connectivity index (χ0v) is 17.1. The van der Waals surface area contributed by atoms with Gasteiger partial charge in [-0.3, -0.25) is 9.69 Å². The van der Waals surface area contributed by atoms with Gasteiger partial charge >= 0.3 is 0 Å². The number of benzene rings is 2. The number of carbonyl (C=O) groups is 1. The van der Waals surface area contributed by atoms with Crippen LogP contribution in [0.2, 0.25) is 0 Å². The van der Waals surface area contributed by atoms with E-state index < -0.39 is 0 Å². The number of rotatable bonds is 4. The third-order valence-electron chi connectivity index (χ3n) is 5.59. The molecule has 0 aliphatic carbocycles. The zero-order valence-electron chi connectivity index (χ0n) is 16.3. The minimum absolute atomic E-state index is 0.0144. The molecule has 2 aliphatic heterocycles. The minimum Gasteiger partial charge on any atom is -0.497 e. The molecule has 3 aromatic rings. The number of nitrogens with one attached hydrogen (secondary N) is 2. The smallest absolute Gasteiger partial charge is 0.256 e. The Hall–Kier alpha value is -2.83. The number of anilines is 1. The second kappa shape index (κ2) is 7.54. The van der Waals surface area contributed by atoms with Gasteiger partial charge in [0.25, 0.3) is 5.91 Å². The molecule has 148 valence electrons. The quantitative estimate of drug-likeness (QED) is 0.684. The highest BCUT2D eigenvalue weighted by atomic mass is 32.1. The molecule has 0 spiro atoms. The zero-order chi connectivity index (χ0) is 19.8. The number of ether oxygens (including phenoxy) is 1. The molecule has 2 aliphatic rings. The Morgan fingerprint density at radius 2 is 2.00 bits per heavy atom. The van der Waals surface area contributed by atoms with E-state index in [0.717, 1.165) is 47.9 Å². The lowest BCUT2D eigenvalue weighted by Gasteiger charge is -2.28. The van der Waals surface area contributed by atoms with Crippen molar-refractivity contribution >= 4 is 22.2 Å². The first kappa shape index (κ1) is 18.2. The van der Waals surface area contributed by atoms with Gasteiger partial charge in [0, 0.05) is 24.5 Å². The van der Waals surface area contributed by atoms with Crippen molar-refractivity contribution in [3.05, 3.63) is 81.7 Å². The molecule has 2 aromatic carbocycles.